The molecule has 0 radical (unpaired) electrons. The third kappa shape index (κ3) is 4.12. The van der Waals surface area contributed by atoms with Crippen LogP contribution in [0.2, 0.25) is 0 Å². The van der Waals surface area contributed by atoms with Crippen molar-refractivity contribution in [2.75, 3.05) is 36.5 Å². The second-order valence-corrected chi connectivity index (χ2v) is 6.25. The monoisotopic (exact) mass is 360 g/mol. The minimum absolute atomic E-state index is 0.164. The molecule has 1 amide bonds. The van der Waals surface area contributed by atoms with Crippen molar-refractivity contribution < 1.29 is 9.53 Å². The van der Waals surface area contributed by atoms with Crippen LogP contribution in [0.4, 0.5) is 11.5 Å². The van der Waals surface area contributed by atoms with Crippen molar-refractivity contribution >= 4 is 17.4 Å². The Hall–Kier alpha value is -3.25. The second kappa shape index (κ2) is 7.97. The summed E-state index contributed by atoms with van der Waals surface area (Å²) < 4.78 is 5.38. The summed E-state index contributed by atoms with van der Waals surface area (Å²) in [6, 6.07) is 16.8. The molecule has 1 fully saturated rings. The van der Waals surface area contributed by atoms with Gasteiger partial charge in [-0.15, -0.1) is 0 Å². The van der Waals surface area contributed by atoms with E-state index < -0.39 is 0 Å². The van der Waals surface area contributed by atoms with Crippen LogP contribution in [0.1, 0.15) is 10.4 Å². The average molecular weight is 360 g/mol. The predicted octanol–water partition coefficient (Wildman–Crippen LogP) is 3.23. The Morgan fingerprint density at radius 3 is 2.56 bits per heavy atom. The van der Waals surface area contributed by atoms with Crippen molar-refractivity contribution in [2.24, 2.45) is 0 Å². The van der Waals surface area contributed by atoms with Gasteiger partial charge in [-0.1, -0.05) is 18.2 Å². The molecule has 3 heterocycles. The Bertz CT molecular complexity index is 907. The van der Waals surface area contributed by atoms with Crippen LogP contribution in [0.15, 0.2) is 67.0 Å². The number of hydrogen-bond acceptors (Lipinski definition) is 5. The van der Waals surface area contributed by atoms with Gasteiger partial charge in [0.1, 0.15) is 5.82 Å². The topological polar surface area (TPSA) is 67.4 Å². The molecule has 2 aromatic heterocycles. The molecule has 27 heavy (non-hydrogen) atoms. The SMILES string of the molecule is O=C(Nc1ccccc1)c1ccnc(-c2ccc(N3CCOCC3)nc2)c1. The van der Waals surface area contributed by atoms with Gasteiger partial charge in [0, 0.05) is 42.3 Å². The first-order valence-corrected chi connectivity index (χ1v) is 8.91. The minimum Gasteiger partial charge on any atom is -0.378 e. The zero-order valence-electron chi connectivity index (χ0n) is 14.8. The molecular formula is C21H20N4O2. The maximum Gasteiger partial charge on any atom is 0.255 e. The van der Waals surface area contributed by atoms with Gasteiger partial charge in [-0.2, -0.15) is 0 Å². The molecule has 136 valence electrons. The van der Waals surface area contributed by atoms with Crippen LogP contribution in [0.3, 0.4) is 0 Å². The number of anilines is 2. The van der Waals surface area contributed by atoms with E-state index in [2.05, 4.69) is 20.2 Å². The van der Waals surface area contributed by atoms with Crippen LogP contribution in [0, 0.1) is 0 Å². The fourth-order valence-electron chi connectivity index (χ4n) is 2.97. The van der Waals surface area contributed by atoms with Crippen LogP contribution < -0.4 is 10.2 Å². The van der Waals surface area contributed by atoms with Crippen molar-refractivity contribution in [2.45, 2.75) is 0 Å². The molecule has 0 unspecified atom stereocenters. The third-order valence-corrected chi connectivity index (χ3v) is 4.43. The number of aromatic nitrogens is 2. The second-order valence-electron chi connectivity index (χ2n) is 6.25. The van der Waals surface area contributed by atoms with Gasteiger partial charge in [0.25, 0.3) is 5.91 Å². The Morgan fingerprint density at radius 1 is 1.00 bits per heavy atom. The van der Waals surface area contributed by atoms with Crippen molar-refractivity contribution in [3.63, 3.8) is 0 Å². The molecular weight excluding hydrogens is 340 g/mol. The number of amides is 1. The number of carbonyl (C=O) groups excluding carboxylic acids is 1. The lowest BCUT2D eigenvalue weighted by Gasteiger charge is -2.27. The lowest BCUT2D eigenvalue weighted by atomic mass is 10.1. The fraction of sp³-hybridized carbons (Fsp3) is 0.190. The molecule has 4 rings (SSSR count). The lowest BCUT2D eigenvalue weighted by Crippen LogP contribution is -2.36. The van der Waals surface area contributed by atoms with Crippen LogP contribution in [-0.4, -0.2) is 42.2 Å². The van der Waals surface area contributed by atoms with E-state index in [1.807, 2.05) is 42.5 Å². The van der Waals surface area contributed by atoms with E-state index in [9.17, 15) is 4.79 Å². The van der Waals surface area contributed by atoms with Gasteiger partial charge in [0.2, 0.25) is 0 Å². The molecule has 0 atom stereocenters. The Morgan fingerprint density at radius 2 is 1.81 bits per heavy atom. The van der Waals surface area contributed by atoms with Gasteiger partial charge in [-0.3, -0.25) is 9.78 Å². The number of para-hydroxylation sites is 1. The van der Waals surface area contributed by atoms with Gasteiger partial charge in [0.05, 0.1) is 18.9 Å². The maximum absolute atomic E-state index is 12.5. The molecule has 0 saturated carbocycles. The predicted molar refractivity (Wildman–Crippen MR) is 105 cm³/mol. The Balaban J connectivity index is 1.51. The zero-order valence-corrected chi connectivity index (χ0v) is 14.8. The molecule has 0 spiro atoms. The van der Waals surface area contributed by atoms with Gasteiger partial charge in [-0.25, -0.2) is 4.98 Å². The van der Waals surface area contributed by atoms with Gasteiger partial charge in [0.15, 0.2) is 0 Å². The number of nitrogens with one attached hydrogen (secondary N) is 1. The summed E-state index contributed by atoms with van der Waals surface area (Å²) in [6.45, 7) is 3.15. The van der Waals surface area contributed by atoms with Crippen molar-refractivity contribution in [1.82, 2.24) is 9.97 Å². The molecule has 0 aliphatic carbocycles. The average Bonchev–Trinajstić information content (AvgIpc) is 2.75. The lowest BCUT2D eigenvalue weighted by molar-refractivity contribution is 0.102. The molecule has 6 heteroatoms. The number of rotatable bonds is 4. The molecule has 1 saturated heterocycles. The van der Waals surface area contributed by atoms with Crippen molar-refractivity contribution in [1.29, 1.82) is 0 Å². The summed E-state index contributed by atoms with van der Waals surface area (Å²) in [5, 5.41) is 2.89. The van der Waals surface area contributed by atoms with E-state index in [-0.39, 0.29) is 5.91 Å². The zero-order chi connectivity index (χ0) is 18.5. The number of morpholine rings is 1. The van der Waals surface area contributed by atoms with E-state index in [0.29, 0.717) is 5.56 Å². The van der Waals surface area contributed by atoms with Crippen LogP contribution in [0.25, 0.3) is 11.3 Å². The summed E-state index contributed by atoms with van der Waals surface area (Å²) in [7, 11) is 0. The van der Waals surface area contributed by atoms with Crippen LogP contribution >= 0.6 is 0 Å². The highest BCUT2D eigenvalue weighted by Gasteiger charge is 2.13. The van der Waals surface area contributed by atoms with Gasteiger partial charge < -0.3 is 15.0 Å². The summed E-state index contributed by atoms with van der Waals surface area (Å²) in [4.78, 5) is 23.6. The molecule has 1 aromatic carbocycles. The fourth-order valence-corrected chi connectivity index (χ4v) is 2.97. The van der Waals surface area contributed by atoms with Crippen molar-refractivity contribution in [3.8, 4) is 11.3 Å². The van der Waals surface area contributed by atoms with E-state index >= 15 is 0 Å². The number of nitrogens with zero attached hydrogens (tertiary/aromatic N) is 3. The highest BCUT2D eigenvalue weighted by molar-refractivity contribution is 6.04. The van der Waals surface area contributed by atoms with E-state index in [1.54, 1.807) is 24.5 Å². The standard InChI is InChI=1S/C21H20N4O2/c26-21(24-18-4-2-1-3-5-18)16-8-9-22-19(14-16)17-6-7-20(23-15-17)25-10-12-27-13-11-25/h1-9,14-15H,10-13H2,(H,24,26). The van der Waals surface area contributed by atoms with Crippen LogP contribution in [0.5, 0.6) is 0 Å². The first-order valence-electron chi connectivity index (χ1n) is 8.91. The number of hydrogen-bond donors (Lipinski definition) is 1. The summed E-state index contributed by atoms with van der Waals surface area (Å²) in [5.74, 6) is 0.766. The molecule has 0 bridgehead atoms. The van der Waals surface area contributed by atoms with E-state index in [4.69, 9.17) is 4.74 Å². The molecule has 1 N–H and O–H groups in total. The quantitative estimate of drug-likeness (QED) is 0.774. The molecule has 1 aliphatic heterocycles. The molecule has 6 nitrogen and oxygen atoms in total. The highest BCUT2D eigenvalue weighted by atomic mass is 16.5. The van der Waals surface area contributed by atoms with Gasteiger partial charge in [-0.05, 0) is 36.4 Å². The highest BCUT2D eigenvalue weighted by Crippen LogP contribution is 2.21. The maximum atomic E-state index is 12.5. The third-order valence-electron chi connectivity index (χ3n) is 4.43. The Labute approximate surface area is 157 Å². The Kier molecular flexibility index (Phi) is 5.07. The number of benzene rings is 1. The van der Waals surface area contributed by atoms with Crippen molar-refractivity contribution in [3.05, 3.63) is 72.6 Å². The minimum atomic E-state index is -0.164. The first kappa shape index (κ1) is 17.2. The normalized spacial score (nSPS) is 14.0. The largest absolute Gasteiger partial charge is 0.378 e. The summed E-state index contributed by atoms with van der Waals surface area (Å²) >= 11 is 0. The first-order chi connectivity index (χ1) is 13.3. The smallest absolute Gasteiger partial charge is 0.255 e. The number of carbonyl (C=O) groups is 1. The molecule has 3 aromatic rings. The van der Waals surface area contributed by atoms with E-state index in [1.165, 1.54) is 0 Å². The summed E-state index contributed by atoms with van der Waals surface area (Å²) in [6.07, 6.45) is 3.44. The molecule has 1 aliphatic rings. The number of pyridine rings is 2. The number of ether oxygens (including phenoxy) is 1. The van der Waals surface area contributed by atoms with E-state index in [0.717, 1.165) is 49.1 Å². The van der Waals surface area contributed by atoms with Crippen LogP contribution in [-0.2, 0) is 4.74 Å². The summed E-state index contributed by atoms with van der Waals surface area (Å²) in [5.41, 5.74) is 2.91. The van der Waals surface area contributed by atoms with Gasteiger partial charge >= 0.3 is 0 Å².